The van der Waals surface area contributed by atoms with Crippen molar-refractivity contribution < 1.29 is 14.3 Å². The van der Waals surface area contributed by atoms with Gasteiger partial charge in [0.25, 0.3) is 5.91 Å². The van der Waals surface area contributed by atoms with E-state index in [-0.39, 0.29) is 23.4 Å². The Morgan fingerprint density at radius 2 is 2.04 bits per heavy atom. The van der Waals surface area contributed by atoms with Crippen LogP contribution in [0.4, 0.5) is 0 Å². The molecule has 6 nitrogen and oxygen atoms in total. The molecular formula is C18H24ClN3O3. The second kappa shape index (κ2) is 7.33. The molecule has 1 aliphatic carbocycles. The van der Waals surface area contributed by atoms with E-state index >= 15 is 0 Å². The number of rotatable bonds is 6. The Kier molecular flexibility index (Phi) is 5.34. The van der Waals surface area contributed by atoms with E-state index in [1.165, 1.54) is 0 Å². The average Bonchev–Trinajstić information content (AvgIpc) is 3.09. The van der Waals surface area contributed by atoms with Crippen molar-refractivity contribution in [2.24, 2.45) is 11.1 Å². The lowest BCUT2D eigenvalue weighted by atomic mass is 9.87. The van der Waals surface area contributed by atoms with Crippen molar-refractivity contribution in [3.63, 3.8) is 0 Å². The molecule has 0 radical (unpaired) electrons. The first-order valence-electron chi connectivity index (χ1n) is 8.29. The molecule has 1 aromatic heterocycles. The van der Waals surface area contributed by atoms with Crippen LogP contribution in [0.1, 0.15) is 23.3 Å². The van der Waals surface area contributed by atoms with Gasteiger partial charge in [-0.3, -0.25) is 4.79 Å². The number of aromatic nitrogens is 1. The van der Waals surface area contributed by atoms with Gasteiger partial charge in [0.1, 0.15) is 5.69 Å². The van der Waals surface area contributed by atoms with Crippen LogP contribution in [0.25, 0.3) is 10.9 Å². The zero-order valence-corrected chi connectivity index (χ0v) is 15.2. The van der Waals surface area contributed by atoms with Crippen molar-refractivity contribution in [2.45, 2.75) is 24.9 Å². The fourth-order valence-electron chi connectivity index (χ4n) is 3.86. The smallest absolute Gasteiger partial charge is 0.268 e. The monoisotopic (exact) mass is 365 g/mol. The van der Waals surface area contributed by atoms with Crippen molar-refractivity contribution in [1.29, 1.82) is 0 Å². The van der Waals surface area contributed by atoms with E-state index in [0.29, 0.717) is 23.9 Å². The first-order valence-corrected chi connectivity index (χ1v) is 8.67. The quantitative estimate of drug-likeness (QED) is 0.732. The van der Waals surface area contributed by atoms with Crippen LogP contribution in [0.15, 0.2) is 24.3 Å². The van der Waals surface area contributed by atoms with Gasteiger partial charge in [0, 0.05) is 47.6 Å². The number of carbonyl (C=O) groups is 1. The molecule has 2 aromatic rings. The number of amides is 1. The number of aromatic amines is 1. The Balaban J connectivity index is 1.73. The van der Waals surface area contributed by atoms with Crippen LogP contribution >= 0.6 is 11.6 Å². The summed E-state index contributed by atoms with van der Waals surface area (Å²) in [5, 5.41) is 4.60. The molecule has 1 heterocycles. The third-order valence-electron chi connectivity index (χ3n) is 4.88. The molecule has 1 fully saturated rings. The van der Waals surface area contributed by atoms with E-state index in [2.05, 4.69) is 10.3 Å². The van der Waals surface area contributed by atoms with Gasteiger partial charge in [0.05, 0.1) is 13.2 Å². The second-order valence-electron chi connectivity index (χ2n) is 6.93. The first-order chi connectivity index (χ1) is 12.0. The van der Waals surface area contributed by atoms with Gasteiger partial charge in [-0.1, -0.05) is 11.6 Å². The molecule has 1 aromatic carbocycles. The van der Waals surface area contributed by atoms with Crippen LogP contribution in [0, 0.1) is 5.41 Å². The van der Waals surface area contributed by atoms with E-state index < -0.39 is 0 Å². The van der Waals surface area contributed by atoms with Crippen LogP contribution < -0.4 is 11.1 Å². The highest BCUT2D eigenvalue weighted by atomic mass is 35.5. The number of fused-ring (bicyclic) bond motifs is 1. The average molecular weight is 366 g/mol. The molecule has 2 atom stereocenters. The minimum Gasteiger partial charge on any atom is -0.384 e. The summed E-state index contributed by atoms with van der Waals surface area (Å²) in [6, 6.07) is 7.03. The molecule has 0 spiro atoms. The van der Waals surface area contributed by atoms with Crippen LogP contribution in [0.3, 0.4) is 0 Å². The highest BCUT2D eigenvalue weighted by molar-refractivity contribution is 6.31. The molecule has 0 bridgehead atoms. The number of hydrogen-bond acceptors (Lipinski definition) is 4. The number of ether oxygens (including phenoxy) is 2. The maximum absolute atomic E-state index is 12.6. The number of H-pyrrole nitrogens is 1. The fraction of sp³-hybridized carbons (Fsp3) is 0.500. The molecule has 3 rings (SSSR count). The Labute approximate surface area is 152 Å². The summed E-state index contributed by atoms with van der Waals surface area (Å²) in [7, 11) is 3.34. The second-order valence-corrected chi connectivity index (χ2v) is 7.37. The number of carbonyl (C=O) groups excluding carboxylic acids is 1. The predicted octanol–water partition coefficient (Wildman–Crippen LogP) is 2.32. The molecule has 1 aliphatic rings. The normalized spacial score (nSPS) is 22.4. The van der Waals surface area contributed by atoms with Gasteiger partial charge in [0.2, 0.25) is 0 Å². The molecule has 136 valence electrons. The molecule has 1 amide bonds. The Bertz CT molecular complexity index is 755. The summed E-state index contributed by atoms with van der Waals surface area (Å²) in [5.41, 5.74) is 7.50. The fourth-order valence-corrected chi connectivity index (χ4v) is 4.04. The Morgan fingerprint density at radius 3 is 2.72 bits per heavy atom. The van der Waals surface area contributed by atoms with Crippen molar-refractivity contribution in [3.8, 4) is 0 Å². The van der Waals surface area contributed by atoms with Crippen molar-refractivity contribution in [2.75, 3.05) is 27.4 Å². The Morgan fingerprint density at radius 1 is 1.32 bits per heavy atom. The van der Waals surface area contributed by atoms with E-state index in [1.54, 1.807) is 26.4 Å². The molecule has 0 aliphatic heterocycles. The van der Waals surface area contributed by atoms with Gasteiger partial charge in [-0.15, -0.1) is 0 Å². The van der Waals surface area contributed by atoms with Crippen LogP contribution in [0.5, 0.6) is 0 Å². The third-order valence-corrected chi connectivity index (χ3v) is 5.12. The van der Waals surface area contributed by atoms with E-state index in [1.807, 2.05) is 12.1 Å². The highest BCUT2D eigenvalue weighted by Crippen LogP contribution is 2.38. The molecule has 4 N–H and O–H groups in total. The number of nitrogens with two attached hydrogens (primary N) is 1. The molecule has 25 heavy (non-hydrogen) atoms. The zero-order valence-electron chi connectivity index (χ0n) is 14.5. The zero-order chi connectivity index (χ0) is 18.0. The molecule has 7 heteroatoms. The summed E-state index contributed by atoms with van der Waals surface area (Å²) in [6.45, 7) is 1.12. The summed E-state index contributed by atoms with van der Waals surface area (Å²) in [6.07, 6.45) is 1.48. The van der Waals surface area contributed by atoms with Gasteiger partial charge in [-0.05, 0) is 37.1 Å². The summed E-state index contributed by atoms with van der Waals surface area (Å²) < 4.78 is 10.7. The summed E-state index contributed by atoms with van der Waals surface area (Å²) in [4.78, 5) is 15.8. The predicted molar refractivity (Wildman–Crippen MR) is 98.0 cm³/mol. The minimum atomic E-state index is -0.168. The maximum atomic E-state index is 12.6. The SMILES string of the molecule is COCC1(COC)C[C@H](NC(=O)c2cc3cc(Cl)ccc3[nH]2)[C@@H](N)C1. The van der Waals surface area contributed by atoms with Crippen LogP contribution in [0.2, 0.25) is 5.02 Å². The van der Waals surface area contributed by atoms with Gasteiger partial charge in [-0.2, -0.15) is 0 Å². The number of nitrogens with one attached hydrogen (secondary N) is 2. The third kappa shape index (κ3) is 3.82. The summed E-state index contributed by atoms with van der Waals surface area (Å²) in [5.74, 6) is -0.168. The van der Waals surface area contributed by atoms with Gasteiger partial charge in [0.15, 0.2) is 0 Å². The number of benzene rings is 1. The van der Waals surface area contributed by atoms with Crippen molar-refractivity contribution in [1.82, 2.24) is 10.3 Å². The first kappa shape index (κ1) is 18.2. The highest BCUT2D eigenvalue weighted by Gasteiger charge is 2.44. The van der Waals surface area contributed by atoms with Gasteiger partial charge < -0.3 is 25.5 Å². The van der Waals surface area contributed by atoms with Gasteiger partial charge in [-0.25, -0.2) is 0 Å². The Hall–Kier alpha value is -1.60. The lowest BCUT2D eigenvalue weighted by Gasteiger charge is -2.27. The lowest BCUT2D eigenvalue weighted by Crippen LogP contribution is -2.44. The number of hydrogen-bond donors (Lipinski definition) is 3. The maximum Gasteiger partial charge on any atom is 0.268 e. The number of halogens is 1. The van der Waals surface area contributed by atoms with Crippen molar-refractivity contribution in [3.05, 3.63) is 35.0 Å². The van der Waals surface area contributed by atoms with E-state index in [0.717, 1.165) is 23.7 Å². The van der Waals surface area contributed by atoms with Crippen LogP contribution in [-0.4, -0.2) is 50.4 Å². The summed E-state index contributed by atoms with van der Waals surface area (Å²) >= 11 is 6.00. The minimum absolute atomic E-state index is 0.118. The van der Waals surface area contributed by atoms with Gasteiger partial charge >= 0.3 is 0 Å². The van der Waals surface area contributed by atoms with Crippen LogP contribution in [-0.2, 0) is 9.47 Å². The largest absolute Gasteiger partial charge is 0.384 e. The molecule has 1 saturated carbocycles. The molecule has 0 unspecified atom stereocenters. The number of methoxy groups -OCH3 is 2. The van der Waals surface area contributed by atoms with E-state index in [4.69, 9.17) is 26.8 Å². The van der Waals surface area contributed by atoms with E-state index in [9.17, 15) is 4.79 Å². The van der Waals surface area contributed by atoms with Crippen molar-refractivity contribution >= 4 is 28.4 Å². The lowest BCUT2D eigenvalue weighted by molar-refractivity contribution is 0.0125. The molecule has 0 saturated heterocycles. The topological polar surface area (TPSA) is 89.4 Å². The molecular weight excluding hydrogens is 342 g/mol. The standard InChI is InChI=1S/C18H24ClN3O3/c1-24-9-18(10-25-2)7-13(20)16(8-18)22-17(23)15-6-11-5-12(19)3-4-14(11)21-15/h3-6,13,16,21H,7-10,20H2,1-2H3,(H,22,23)/t13-,16-/m0/s1.